The molecule has 0 amide bonds. The minimum Gasteiger partial charge on any atom is -0.423 e. The largest absolute Gasteiger partial charge is 0.423 e. The van der Waals surface area contributed by atoms with E-state index in [0.717, 1.165) is 16.3 Å². The zero-order valence-corrected chi connectivity index (χ0v) is 13.4. The van der Waals surface area contributed by atoms with Crippen molar-refractivity contribution in [2.45, 2.75) is 6.92 Å². The van der Waals surface area contributed by atoms with Gasteiger partial charge in [0, 0.05) is 23.8 Å². The first-order valence-corrected chi connectivity index (χ1v) is 7.71. The summed E-state index contributed by atoms with van der Waals surface area (Å²) in [6.07, 6.45) is 3.01. The molecule has 0 fully saturated rings. The summed E-state index contributed by atoms with van der Waals surface area (Å²) in [4.78, 5) is 28.2. The van der Waals surface area contributed by atoms with Crippen LogP contribution in [0, 0.1) is 6.92 Å². The fourth-order valence-electron chi connectivity index (χ4n) is 2.74. The molecule has 4 rings (SSSR count). The van der Waals surface area contributed by atoms with Gasteiger partial charge in [0.1, 0.15) is 11.3 Å². The molecule has 0 spiro atoms. The Balaban J connectivity index is 1.78. The van der Waals surface area contributed by atoms with Crippen molar-refractivity contribution in [1.82, 2.24) is 4.98 Å². The molecule has 0 unspecified atom stereocenters. The highest BCUT2D eigenvalue weighted by Crippen LogP contribution is 2.27. The number of aromatic nitrogens is 1. The van der Waals surface area contributed by atoms with E-state index in [2.05, 4.69) is 4.98 Å². The van der Waals surface area contributed by atoms with Crippen molar-refractivity contribution in [2.75, 3.05) is 0 Å². The number of ether oxygens (including phenoxy) is 1. The van der Waals surface area contributed by atoms with Crippen molar-refractivity contribution in [2.24, 2.45) is 0 Å². The Labute approximate surface area is 142 Å². The summed E-state index contributed by atoms with van der Waals surface area (Å²) in [6, 6.07) is 13.9. The van der Waals surface area contributed by atoms with Crippen LogP contribution in [0.3, 0.4) is 0 Å². The molecule has 0 radical (unpaired) electrons. The van der Waals surface area contributed by atoms with E-state index < -0.39 is 11.6 Å². The Morgan fingerprint density at radius 1 is 1.04 bits per heavy atom. The molecule has 5 heteroatoms. The Morgan fingerprint density at radius 3 is 2.68 bits per heavy atom. The summed E-state index contributed by atoms with van der Waals surface area (Å²) in [5.41, 5.74) is 1.29. The third-order valence-electron chi connectivity index (χ3n) is 3.95. The maximum Gasteiger partial charge on any atom is 0.345 e. The maximum atomic E-state index is 12.2. The monoisotopic (exact) mass is 331 g/mol. The van der Waals surface area contributed by atoms with Gasteiger partial charge < -0.3 is 9.15 Å². The van der Waals surface area contributed by atoms with E-state index in [1.165, 1.54) is 6.20 Å². The van der Waals surface area contributed by atoms with Crippen LogP contribution in [0.1, 0.15) is 15.9 Å². The molecule has 0 saturated heterocycles. The fraction of sp³-hybridized carbons (Fsp3) is 0.0500. The number of carbonyl (C=O) groups is 1. The second-order valence-corrected chi connectivity index (χ2v) is 5.73. The maximum absolute atomic E-state index is 12.2. The molecule has 0 N–H and O–H groups in total. The molecule has 4 aromatic rings. The number of nitrogens with zero attached hydrogens (tertiary/aromatic N) is 1. The van der Waals surface area contributed by atoms with Crippen LogP contribution in [-0.2, 0) is 0 Å². The number of hydrogen-bond donors (Lipinski definition) is 0. The van der Waals surface area contributed by atoms with E-state index in [1.807, 2.05) is 19.1 Å². The third-order valence-corrected chi connectivity index (χ3v) is 3.95. The Morgan fingerprint density at radius 2 is 1.88 bits per heavy atom. The van der Waals surface area contributed by atoms with Gasteiger partial charge >= 0.3 is 11.6 Å². The highest BCUT2D eigenvalue weighted by molar-refractivity contribution is 6.04. The third kappa shape index (κ3) is 2.76. The van der Waals surface area contributed by atoms with Crippen LogP contribution in [-0.4, -0.2) is 11.0 Å². The van der Waals surface area contributed by atoms with Crippen molar-refractivity contribution in [1.29, 1.82) is 0 Å². The van der Waals surface area contributed by atoms with Crippen LogP contribution >= 0.6 is 0 Å². The molecule has 0 aliphatic carbocycles. The fourth-order valence-corrected chi connectivity index (χ4v) is 2.74. The number of benzene rings is 2. The van der Waals surface area contributed by atoms with Crippen LogP contribution in [0.15, 0.2) is 70.1 Å². The van der Waals surface area contributed by atoms with Crippen molar-refractivity contribution >= 4 is 27.7 Å². The summed E-state index contributed by atoms with van der Waals surface area (Å²) < 4.78 is 10.7. The van der Waals surface area contributed by atoms with Crippen LogP contribution in [0.4, 0.5) is 0 Å². The molecule has 2 heterocycles. The lowest BCUT2D eigenvalue weighted by Gasteiger charge is -2.07. The average Bonchev–Trinajstić information content (AvgIpc) is 2.62. The van der Waals surface area contributed by atoms with Crippen LogP contribution < -0.4 is 10.4 Å². The first kappa shape index (κ1) is 15.1. The van der Waals surface area contributed by atoms with Crippen molar-refractivity contribution in [3.8, 4) is 5.75 Å². The standard InChI is InChI=1S/C20H13NO4/c1-12-4-6-15-16-7-5-14(10-18(16)25-20(23)17(15)9-12)24-19(22)13-3-2-8-21-11-13/h2-11H,1H3. The number of aryl methyl sites for hydroxylation is 1. The summed E-state index contributed by atoms with van der Waals surface area (Å²) in [7, 11) is 0. The lowest BCUT2D eigenvalue weighted by molar-refractivity contribution is 0.0734. The molecule has 0 aliphatic rings. The smallest absolute Gasteiger partial charge is 0.345 e. The van der Waals surface area contributed by atoms with Crippen LogP contribution in [0.2, 0.25) is 0 Å². The van der Waals surface area contributed by atoms with E-state index in [1.54, 1.807) is 42.6 Å². The second-order valence-electron chi connectivity index (χ2n) is 5.73. The number of hydrogen-bond acceptors (Lipinski definition) is 5. The summed E-state index contributed by atoms with van der Waals surface area (Å²) in [5.74, 6) is -0.220. The Hall–Kier alpha value is -3.47. The summed E-state index contributed by atoms with van der Waals surface area (Å²) in [6.45, 7) is 1.92. The summed E-state index contributed by atoms with van der Waals surface area (Å²) >= 11 is 0. The van der Waals surface area contributed by atoms with E-state index in [9.17, 15) is 9.59 Å². The van der Waals surface area contributed by atoms with Crippen molar-refractivity contribution in [3.05, 3.63) is 82.5 Å². The molecular formula is C20H13NO4. The zero-order valence-electron chi connectivity index (χ0n) is 13.4. The van der Waals surface area contributed by atoms with Gasteiger partial charge in [-0.15, -0.1) is 0 Å². The first-order chi connectivity index (χ1) is 12.1. The van der Waals surface area contributed by atoms with Crippen LogP contribution in [0.25, 0.3) is 21.7 Å². The highest BCUT2D eigenvalue weighted by atomic mass is 16.5. The zero-order chi connectivity index (χ0) is 17.4. The molecule has 0 bridgehead atoms. The average molecular weight is 331 g/mol. The minimum atomic E-state index is -0.522. The molecule has 5 nitrogen and oxygen atoms in total. The molecule has 0 aliphatic heterocycles. The lowest BCUT2D eigenvalue weighted by Crippen LogP contribution is -2.08. The predicted octanol–water partition coefficient (Wildman–Crippen LogP) is 3.87. The Bertz CT molecular complexity index is 1160. The second kappa shape index (κ2) is 5.87. The van der Waals surface area contributed by atoms with Gasteiger partial charge in [-0.25, -0.2) is 9.59 Å². The summed E-state index contributed by atoms with van der Waals surface area (Å²) in [5, 5.41) is 2.13. The van der Waals surface area contributed by atoms with Gasteiger partial charge in [-0.05, 0) is 42.6 Å². The topological polar surface area (TPSA) is 69.4 Å². The molecule has 0 atom stereocenters. The van der Waals surface area contributed by atoms with Gasteiger partial charge in [-0.2, -0.15) is 0 Å². The number of rotatable bonds is 2. The highest BCUT2D eigenvalue weighted by Gasteiger charge is 2.12. The molecule has 2 aromatic carbocycles. The van der Waals surface area contributed by atoms with Gasteiger partial charge in [-0.1, -0.05) is 17.7 Å². The molecule has 2 aromatic heterocycles. The first-order valence-electron chi connectivity index (χ1n) is 7.71. The van der Waals surface area contributed by atoms with Crippen molar-refractivity contribution < 1.29 is 13.9 Å². The molecule has 0 saturated carbocycles. The SMILES string of the molecule is Cc1ccc2c(c1)c(=O)oc1cc(OC(=O)c3cccnc3)ccc12. The number of esters is 1. The van der Waals surface area contributed by atoms with Crippen LogP contribution in [0.5, 0.6) is 5.75 Å². The number of fused-ring (bicyclic) bond motifs is 3. The van der Waals surface area contributed by atoms with E-state index in [0.29, 0.717) is 22.3 Å². The van der Waals surface area contributed by atoms with Gasteiger partial charge in [-0.3, -0.25) is 4.98 Å². The lowest BCUT2D eigenvalue weighted by atomic mass is 10.1. The normalized spacial score (nSPS) is 10.9. The van der Waals surface area contributed by atoms with Gasteiger partial charge in [0.25, 0.3) is 0 Å². The van der Waals surface area contributed by atoms with Gasteiger partial charge in [0.15, 0.2) is 0 Å². The van der Waals surface area contributed by atoms with Gasteiger partial charge in [0.05, 0.1) is 10.9 Å². The Kier molecular flexibility index (Phi) is 3.54. The molecule has 122 valence electrons. The quantitative estimate of drug-likeness (QED) is 0.241. The predicted molar refractivity (Wildman–Crippen MR) is 93.9 cm³/mol. The molecule has 25 heavy (non-hydrogen) atoms. The number of carbonyl (C=O) groups excluding carboxylic acids is 1. The number of pyridine rings is 1. The van der Waals surface area contributed by atoms with Crippen molar-refractivity contribution in [3.63, 3.8) is 0 Å². The molecular weight excluding hydrogens is 318 g/mol. The minimum absolute atomic E-state index is 0.302. The van der Waals surface area contributed by atoms with Gasteiger partial charge in [0.2, 0.25) is 0 Å². The van der Waals surface area contributed by atoms with E-state index in [4.69, 9.17) is 9.15 Å². The van der Waals surface area contributed by atoms with E-state index >= 15 is 0 Å². The van der Waals surface area contributed by atoms with E-state index in [-0.39, 0.29) is 0 Å².